The lowest BCUT2D eigenvalue weighted by atomic mass is 9.99. The van der Waals surface area contributed by atoms with Crippen LogP contribution in [0, 0.1) is 6.92 Å². The van der Waals surface area contributed by atoms with E-state index in [1.807, 2.05) is 49.4 Å². The Bertz CT molecular complexity index is 643. The van der Waals surface area contributed by atoms with Gasteiger partial charge in [0.05, 0.1) is 6.10 Å². The molecule has 0 amide bonds. The van der Waals surface area contributed by atoms with E-state index in [0.717, 1.165) is 34.2 Å². The highest BCUT2D eigenvalue weighted by Crippen LogP contribution is 2.27. The number of carbonyl (C=O) groups is 1. The summed E-state index contributed by atoms with van der Waals surface area (Å²) in [5, 5.41) is 0. The van der Waals surface area contributed by atoms with Crippen LogP contribution in [0.3, 0.4) is 0 Å². The van der Waals surface area contributed by atoms with Gasteiger partial charge in [0.2, 0.25) is 0 Å². The third-order valence-corrected chi connectivity index (χ3v) is 3.87. The van der Waals surface area contributed by atoms with E-state index in [1.54, 1.807) is 0 Å². The molecule has 0 N–H and O–H groups in total. The number of aryl methyl sites for hydroxylation is 1. The zero-order valence-corrected chi connectivity index (χ0v) is 12.8. The molecule has 1 aliphatic rings. The molecule has 1 aliphatic carbocycles. The zero-order valence-electron chi connectivity index (χ0n) is 11.2. The summed E-state index contributed by atoms with van der Waals surface area (Å²) in [5.74, 6) is 0.893. The smallest absolute Gasteiger partial charge is 0.193 e. The van der Waals surface area contributed by atoms with Crippen molar-refractivity contribution in [3.05, 3.63) is 63.6 Å². The molecule has 0 bridgehead atoms. The Labute approximate surface area is 126 Å². The van der Waals surface area contributed by atoms with Crippen LogP contribution in [0.1, 0.15) is 34.3 Å². The quantitative estimate of drug-likeness (QED) is 0.770. The van der Waals surface area contributed by atoms with Crippen LogP contribution in [0.5, 0.6) is 5.75 Å². The van der Waals surface area contributed by atoms with E-state index in [9.17, 15) is 4.79 Å². The lowest BCUT2D eigenvalue weighted by Crippen LogP contribution is -2.04. The largest absolute Gasteiger partial charge is 0.490 e. The molecule has 0 spiro atoms. The van der Waals surface area contributed by atoms with Crippen molar-refractivity contribution in [2.75, 3.05) is 0 Å². The average Bonchev–Trinajstić information content (AvgIpc) is 3.23. The Balaban J connectivity index is 1.82. The van der Waals surface area contributed by atoms with Crippen molar-refractivity contribution in [2.45, 2.75) is 25.9 Å². The van der Waals surface area contributed by atoms with Crippen molar-refractivity contribution in [3.8, 4) is 5.75 Å². The maximum atomic E-state index is 12.5. The van der Waals surface area contributed by atoms with Crippen molar-refractivity contribution in [1.29, 1.82) is 0 Å². The van der Waals surface area contributed by atoms with Gasteiger partial charge in [-0.3, -0.25) is 4.79 Å². The van der Waals surface area contributed by atoms with E-state index >= 15 is 0 Å². The fraction of sp³-hybridized carbons (Fsp3) is 0.235. The van der Waals surface area contributed by atoms with Crippen LogP contribution in [0.15, 0.2) is 46.9 Å². The summed E-state index contributed by atoms with van der Waals surface area (Å²) in [6.07, 6.45) is 2.66. The normalized spacial score (nSPS) is 14.1. The Morgan fingerprint density at radius 2 is 1.85 bits per heavy atom. The fourth-order valence-electron chi connectivity index (χ4n) is 2.10. The Kier molecular flexibility index (Phi) is 3.62. The molecular weight excluding hydrogens is 316 g/mol. The highest BCUT2D eigenvalue weighted by atomic mass is 79.9. The Hall–Kier alpha value is -1.61. The van der Waals surface area contributed by atoms with Crippen molar-refractivity contribution in [1.82, 2.24) is 0 Å². The molecule has 3 rings (SSSR count). The fourth-order valence-corrected chi connectivity index (χ4v) is 2.58. The molecule has 0 radical (unpaired) electrons. The number of halogens is 1. The minimum Gasteiger partial charge on any atom is -0.490 e. The number of carbonyl (C=O) groups excluding carboxylic acids is 1. The van der Waals surface area contributed by atoms with Crippen LogP contribution < -0.4 is 4.74 Å². The minimum absolute atomic E-state index is 0.0490. The highest BCUT2D eigenvalue weighted by Gasteiger charge is 2.23. The maximum Gasteiger partial charge on any atom is 0.193 e. The molecule has 2 nitrogen and oxygen atoms in total. The van der Waals surface area contributed by atoms with Gasteiger partial charge < -0.3 is 4.74 Å². The molecule has 0 atom stereocenters. The summed E-state index contributed by atoms with van der Waals surface area (Å²) < 4.78 is 6.67. The first kappa shape index (κ1) is 13.4. The zero-order chi connectivity index (χ0) is 14.1. The molecule has 0 heterocycles. The molecule has 0 unspecified atom stereocenters. The monoisotopic (exact) mass is 330 g/mol. The van der Waals surface area contributed by atoms with Crippen LogP contribution in [0.25, 0.3) is 0 Å². The SMILES string of the molecule is Cc1cc(Br)ccc1C(=O)c1ccc(OC2CC2)cc1. The average molecular weight is 331 g/mol. The van der Waals surface area contributed by atoms with E-state index in [2.05, 4.69) is 15.9 Å². The predicted octanol–water partition coefficient (Wildman–Crippen LogP) is 4.53. The number of ketones is 1. The first-order valence-electron chi connectivity index (χ1n) is 6.71. The van der Waals surface area contributed by atoms with Gasteiger partial charge in [0.15, 0.2) is 5.78 Å². The van der Waals surface area contributed by atoms with Crippen molar-refractivity contribution < 1.29 is 9.53 Å². The van der Waals surface area contributed by atoms with Crippen LogP contribution in [-0.2, 0) is 0 Å². The third kappa shape index (κ3) is 2.93. The molecular formula is C17H15BrO2. The van der Waals surface area contributed by atoms with E-state index in [4.69, 9.17) is 4.74 Å². The number of benzene rings is 2. The highest BCUT2D eigenvalue weighted by molar-refractivity contribution is 9.10. The predicted molar refractivity (Wildman–Crippen MR) is 82.4 cm³/mol. The van der Waals surface area contributed by atoms with E-state index < -0.39 is 0 Å². The summed E-state index contributed by atoms with van der Waals surface area (Å²) in [7, 11) is 0. The van der Waals surface area contributed by atoms with Gasteiger partial charge in [0, 0.05) is 15.6 Å². The van der Waals surface area contributed by atoms with E-state index in [-0.39, 0.29) is 5.78 Å². The third-order valence-electron chi connectivity index (χ3n) is 3.38. The van der Waals surface area contributed by atoms with Gasteiger partial charge in [-0.15, -0.1) is 0 Å². The molecule has 102 valence electrons. The van der Waals surface area contributed by atoms with Crippen LogP contribution in [0.4, 0.5) is 0 Å². The summed E-state index contributed by atoms with van der Waals surface area (Å²) in [5.41, 5.74) is 2.41. The van der Waals surface area contributed by atoms with Gasteiger partial charge in [0.1, 0.15) is 5.75 Å². The van der Waals surface area contributed by atoms with Crippen molar-refractivity contribution in [2.24, 2.45) is 0 Å². The molecule has 0 aromatic heterocycles. The second-order valence-corrected chi connectivity index (χ2v) is 6.05. The van der Waals surface area contributed by atoms with E-state index in [0.29, 0.717) is 11.7 Å². The second kappa shape index (κ2) is 5.41. The molecule has 20 heavy (non-hydrogen) atoms. The Morgan fingerprint density at radius 1 is 1.15 bits per heavy atom. The van der Waals surface area contributed by atoms with Gasteiger partial charge in [-0.1, -0.05) is 15.9 Å². The molecule has 0 saturated heterocycles. The van der Waals surface area contributed by atoms with Gasteiger partial charge in [0.25, 0.3) is 0 Å². The Morgan fingerprint density at radius 3 is 2.45 bits per heavy atom. The van der Waals surface area contributed by atoms with E-state index in [1.165, 1.54) is 0 Å². The topological polar surface area (TPSA) is 26.3 Å². The molecule has 2 aromatic rings. The number of rotatable bonds is 4. The minimum atomic E-state index is 0.0490. The lowest BCUT2D eigenvalue weighted by Gasteiger charge is -2.07. The second-order valence-electron chi connectivity index (χ2n) is 5.13. The summed E-state index contributed by atoms with van der Waals surface area (Å²) in [6, 6.07) is 13.1. The molecule has 1 fully saturated rings. The standard InChI is InChI=1S/C17H15BrO2/c1-11-10-13(18)4-9-16(11)17(19)12-2-5-14(6-3-12)20-15-7-8-15/h2-6,9-10,15H,7-8H2,1H3. The van der Waals surface area contributed by atoms with Crippen molar-refractivity contribution in [3.63, 3.8) is 0 Å². The molecule has 2 aromatic carbocycles. The van der Waals surface area contributed by atoms with Gasteiger partial charge in [-0.2, -0.15) is 0 Å². The first-order valence-corrected chi connectivity index (χ1v) is 7.50. The molecule has 1 saturated carbocycles. The molecule has 0 aliphatic heterocycles. The van der Waals surface area contributed by atoms with Gasteiger partial charge in [-0.05, 0) is 67.8 Å². The molecule has 3 heteroatoms. The maximum absolute atomic E-state index is 12.5. The van der Waals surface area contributed by atoms with Gasteiger partial charge >= 0.3 is 0 Å². The van der Waals surface area contributed by atoms with Crippen LogP contribution in [-0.4, -0.2) is 11.9 Å². The number of ether oxygens (including phenoxy) is 1. The number of hydrogen-bond acceptors (Lipinski definition) is 2. The summed E-state index contributed by atoms with van der Waals surface area (Å²) in [4.78, 5) is 12.5. The summed E-state index contributed by atoms with van der Waals surface area (Å²) >= 11 is 3.41. The van der Waals surface area contributed by atoms with Crippen molar-refractivity contribution >= 4 is 21.7 Å². The lowest BCUT2D eigenvalue weighted by molar-refractivity contribution is 0.103. The number of hydrogen-bond donors (Lipinski definition) is 0. The first-order chi connectivity index (χ1) is 9.63. The van der Waals surface area contributed by atoms with Gasteiger partial charge in [-0.25, -0.2) is 0 Å². The van der Waals surface area contributed by atoms with Crippen LogP contribution in [0.2, 0.25) is 0 Å². The summed E-state index contributed by atoms with van der Waals surface area (Å²) in [6.45, 7) is 1.95. The van der Waals surface area contributed by atoms with Crippen LogP contribution >= 0.6 is 15.9 Å².